The lowest BCUT2D eigenvalue weighted by Gasteiger charge is -2.34. The Bertz CT molecular complexity index is 313. The Kier molecular flexibility index (Phi) is 4.85. The third-order valence-electron chi connectivity index (χ3n) is 5.41. The van der Waals surface area contributed by atoms with Gasteiger partial charge in [-0.1, -0.05) is 19.8 Å². The molecule has 1 saturated carbocycles. The lowest BCUT2D eigenvalue weighted by atomic mass is 9.84. The van der Waals surface area contributed by atoms with E-state index < -0.39 is 5.54 Å². The fourth-order valence-electron chi connectivity index (χ4n) is 3.79. The summed E-state index contributed by atoms with van der Waals surface area (Å²) in [4.78, 5) is 14.1. The SMILES string of the molecule is CCC1CCN(CCC2CCCC2(N)C(N)=O)CC1. The summed E-state index contributed by atoms with van der Waals surface area (Å²) in [7, 11) is 0. The molecule has 0 radical (unpaired) electrons. The maximum absolute atomic E-state index is 11.6. The number of hydrogen-bond donors (Lipinski definition) is 2. The number of nitrogens with zero attached hydrogens (tertiary/aromatic N) is 1. The smallest absolute Gasteiger partial charge is 0.237 e. The summed E-state index contributed by atoms with van der Waals surface area (Å²) < 4.78 is 0. The van der Waals surface area contributed by atoms with Crippen molar-refractivity contribution >= 4 is 5.91 Å². The van der Waals surface area contributed by atoms with E-state index in [0.717, 1.165) is 38.1 Å². The number of rotatable bonds is 5. The minimum Gasteiger partial charge on any atom is -0.368 e. The van der Waals surface area contributed by atoms with E-state index in [0.29, 0.717) is 0 Å². The normalized spacial score (nSPS) is 33.7. The fourth-order valence-corrected chi connectivity index (χ4v) is 3.79. The molecule has 0 spiro atoms. The predicted molar refractivity (Wildman–Crippen MR) is 77.5 cm³/mol. The van der Waals surface area contributed by atoms with Crippen molar-refractivity contribution in [3.05, 3.63) is 0 Å². The van der Waals surface area contributed by atoms with Crippen molar-refractivity contribution in [1.29, 1.82) is 0 Å². The second-order valence-corrected chi connectivity index (χ2v) is 6.48. The average Bonchev–Trinajstić information content (AvgIpc) is 2.80. The van der Waals surface area contributed by atoms with Gasteiger partial charge in [-0.3, -0.25) is 4.79 Å². The van der Waals surface area contributed by atoms with E-state index in [9.17, 15) is 4.79 Å². The molecular weight excluding hydrogens is 238 g/mol. The van der Waals surface area contributed by atoms with Crippen molar-refractivity contribution < 1.29 is 4.79 Å². The van der Waals surface area contributed by atoms with Crippen LogP contribution in [0.5, 0.6) is 0 Å². The first-order chi connectivity index (χ1) is 9.06. The molecule has 2 rings (SSSR count). The topological polar surface area (TPSA) is 72.3 Å². The van der Waals surface area contributed by atoms with Crippen LogP contribution >= 0.6 is 0 Å². The molecule has 4 nitrogen and oxygen atoms in total. The Morgan fingerprint density at radius 2 is 2.00 bits per heavy atom. The first-order valence-corrected chi connectivity index (χ1v) is 7.87. The Balaban J connectivity index is 1.78. The van der Waals surface area contributed by atoms with Gasteiger partial charge in [-0.05, 0) is 63.6 Å². The first-order valence-electron chi connectivity index (χ1n) is 7.87. The molecule has 2 unspecified atom stereocenters. The van der Waals surface area contributed by atoms with Gasteiger partial charge in [-0.2, -0.15) is 0 Å². The Morgan fingerprint density at radius 1 is 1.32 bits per heavy atom. The standard InChI is InChI=1S/C15H29N3O/c1-2-12-5-9-18(10-6-12)11-7-13-4-3-8-15(13,17)14(16)19/h12-13H,2-11,17H2,1H3,(H2,16,19). The monoisotopic (exact) mass is 267 g/mol. The molecule has 1 aliphatic carbocycles. The van der Waals surface area contributed by atoms with Crippen LogP contribution in [0.15, 0.2) is 0 Å². The number of piperidine rings is 1. The number of primary amides is 1. The van der Waals surface area contributed by atoms with Gasteiger partial charge in [0.1, 0.15) is 0 Å². The van der Waals surface area contributed by atoms with E-state index in [2.05, 4.69) is 11.8 Å². The number of nitrogens with two attached hydrogens (primary N) is 2. The summed E-state index contributed by atoms with van der Waals surface area (Å²) in [5.74, 6) is 0.899. The van der Waals surface area contributed by atoms with Crippen LogP contribution in [-0.2, 0) is 4.79 Å². The summed E-state index contributed by atoms with van der Waals surface area (Å²) in [6.45, 7) is 5.78. The maximum Gasteiger partial charge on any atom is 0.237 e. The van der Waals surface area contributed by atoms with Gasteiger partial charge < -0.3 is 16.4 Å². The van der Waals surface area contributed by atoms with Gasteiger partial charge in [0.05, 0.1) is 5.54 Å². The van der Waals surface area contributed by atoms with Crippen LogP contribution in [0.2, 0.25) is 0 Å². The molecule has 1 heterocycles. The molecule has 0 aromatic heterocycles. The van der Waals surface area contributed by atoms with Crippen LogP contribution in [0, 0.1) is 11.8 Å². The second-order valence-electron chi connectivity index (χ2n) is 6.48. The van der Waals surface area contributed by atoms with Crippen LogP contribution in [0.1, 0.15) is 51.9 Å². The summed E-state index contributed by atoms with van der Waals surface area (Å²) in [6.07, 6.45) is 7.85. The number of carbonyl (C=O) groups is 1. The average molecular weight is 267 g/mol. The van der Waals surface area contributed by atoms with Crippen LogP contribution in [0.3, 0.4) is 0 Å². The molecule has 4 N–H and O–H groups in total. The molecule has 0 aromatic carbocycles. The molecule has 2 aliphatic rings. The number of carbonyl (C=O) groups excluding carboxylic acids is 1. The lowest BCUT2D eigenvalue weighted by Crippen LogP contribution is -2.55. The quantitative estimate of drug-likeness (QED) is 0.792. The van der Waals surface area contributed by atoms with Crippen LogP contribution in [-0.4, -0.2) is 36.0 Å². The predicted octanol–water partition coefficient (Wildman–Crippen LogP) is 1.48. The molecule has 1 saturated heterocycles. The summed E-state index contributed by atoms with van der Waals surface area (Å²) in [5.41, 5.74) is 11.0. The van der Waals surface area contributed by atoms with E-state index in [4.69, 9.17) is 11.5 Å². The summed E-state index contributed by atoms with van der Waals surface area (Å²) >= 11 is 0. The molecule has 0 aromatic rings. The Hall–Kier alpha value is -0.610. The second kappa shape index (κ2) is 6.23. The molecule has 2 fully saturated rings. The van der Waals surface area contributed by atoms with E-state index in [1.54, 1.807) is 0 Å². The van der Waals surface area contributed by atoms with Crippen molar-refractivity contribution in [2.24, 2.45) is 23.3 Å². The van der Waals surface area contributed by atoms with Gasteiger partial charge in [0.2, 0.25) is 5.91 Å². The largest absolute Gasteiger partial charge is 0.368 e. The van der Waals surface area contributed by atoms with Crippen molar-refractivity contribution in [2.75, 3.05) is 19.6 Å². The van der Waals surface area contributed by atoms with Crippen molar-refractivity contribution in [2.45, 2.75) is 57.4 Å². The third kappa shape index (κ3) is 3.29. The minimum absolute atomic E-state index is 0.286. The molecule has 19 heavy (non-hydrogen) atoms. The number of amides is 1. The van der Waals surface area contributed by atoms with Gasteiger partial charge in [0.25, 0.3) is 0 Å². The van der Waals surface area contributed by atoms with Gasteiger partial charge >= 0.3 is 0 Å². The van der Waals surface area contributed by atoms with Crippen molar-refractivity contribution in [3.63, 3.8) is 0 Å². The van der Waals surface area contributed by atoms with Crippen molar-refractivity contribution in [1.82, 2.24) is 4.90 Å². The molecule has 4 heteroatoms. The highest BCUT2D eigenvalue weighted by Crippen LogP contribution is 2.36. The zero-order valence-corrected chi connectivity index (χ0v) is 12.2. The molecular formula is C15H29N3O. The number of likely N-dealkylation sites (tertiary alicyclic amines) is 1. The van der Waals surface area contributed by atoms with Gasteiger partial charge in [0, 0.05) is 0 Å². The highest BCUT2D eigenvalue weighted by Gasteiger charge is 2.44. The van der Waals surface area contributed by atoms with E-state index in [-0.39, 0.29) is 11.8 Å². The molecule has 1 aliphatic heterocycles. The minimum atomic E-state index is -0.734. The molecule has 1 amide bonds. The van der Waals surface area contributed by atoms with Crippen LogP contribution < -0.4 is 11.5 Å². The summed E-state index contributed by atoms with van der Waals surface area (Å²) in [6, 6.07) is 0. The lowest BCUT2D eigenvalue weighted by molar-refractivity contribution is -0.124. The zero-order valence-electron chi connectivity index (χ0n) is 12.2. The van der Waals surface area contributed by atoms with Crippen LogP contribution in [0.4, 0.5) is 0 Å². The Morgan fingerprint density at radius 3 is 2.58 bits per heavy atom. The first kappa shape index (κ1) is 14.8. The van der Waals surface area contributed by atoms with Gasteiger partial charge in [0.15, 0.2) is 0 Å². The van der Waals surface area contributed by atoms with Gasteiger partial charge in [-0.15, -0.1) is 0 Å². The van der Waals surface area contributed by atoms with E-state index in [1.807, 2.05) is 0 Å². The van der Waals surface area contributed by atoms with E-state index >= 15 is 0 Å². The highest BCUT2D eigenvalue weighted by molar-refractivity contribution is 5.85. The molecule has 110 valence electrons. The highest BCUT2D eigenvalue weighted by atomic mass is 16.1. The van der Waals surface area contributed by atoms with Crippen LogP contribution in [0.25, 0.3) is 0 Å². The zero-order chi connectivity index (χ0) is 13.9. The van der Waals surface area contributed by atoms with Gasteiger partial charge in [-0.25, -0.2) is 0 Å². The van der Waals surface area contributed by atoms with Crippen molar-refractivity contribution in [3.8, 4) is 0 Å². The molecule has 2 atom stereocenters. The maximum atomic E-state index is 11.6. The van der Waals surface area contributed by atoms with E-state index in [1.165, 1.54) is 32.4 Å². The fraction of sp³-hybridized carbons (Fsp3) is 0.933. The number of hydrogen-bond acceptors (Lipinski definition) is 3. The molecule has 0 bridgehead atoms. The summed E-state index contributed by atoms with van der Waals surface area (Å²) in [5, 5.41) is 0. The third-order valence-corrected chi connectivity index (χ3v) is 5.41. The Labute approximate surface area is 116 Å².